The van der Waals surface area contributed by atoms with Gasteiger partial charge in [0, 0.05) is 39.2 Å². The normalized spacial score (nSPS) is 19.5. The van der Waals surface area contributed by atoms with Gasteiger partial charge in [0.1, 0.15) is 5.75 Å². The van der Waals surface area contributed by atoms with Gasteiger partial charge in [-0.3, -0.25) is 10.1 Å². The van der Waals surface area contributed by atoms with Crippen molar-refractivity contribution < 1.29 is 9.66 Å². The lowest BCUT2D eigenvalue weighted by Gasteiger charge is -2.38. The summed E-state index contributed by atoms with van der Waals surface area (Å²) < 4.78 is 7.27. The van der Waals surface area contributed by atoms with E-state index in [9.17, 15) is 10.1 Å². The van der Waals surface area contributed by atoms with Crippen molar-refractivity contribution >= 4 is 38.9 Å². The second-order valence-corrected chi connectivity index (χ2v) is 8.51. The fourth-order valence-electron chi connectivity index (χ4n) is 3.86. The van der Waals surface area contributed by atoms with Crippen molar-refractivity contribution in [3.05, 3.63) is 103 Å². The lowest BCUT2D eigenvalue weighted by molar-refractivity contribution is -0.384. The fourth-order valence-corrected chi connectivity index (χ4v) is 4.36. The molecule has 8 heteroatoms. The topological polar surface area (TPSA) is 68.0 Å². The summed E-state index contributed by atoms with van der Waals surface area (Å²) in [6.45, 7) is 0. The fraction of sp³-hybridized carbons (Fsp3) is 0.136. The summed E-state index contributed by atoms with van der Waals surface area (Å²) in [5.74, 6) is 0.787. The highest BCUT2D eigenvalue weighted by atomic mass is 79.9. The van der Waals surface area contributed by atoms with Crippen LogP contribution in [0.1, 0.15) is 35.4 Å². The van der Waals surface area contributed by atoms with E-state index in [4.69, 9.17) is 21.4 Å². The van der Waals surface area contributed by atoms with E-state index in [1.54, 1.807) is 12.1 Å². The minimum Gasteiger partial charge on any atom is -0.464 e. The van der Waals surface area contributed by atoms with E-state index in [-0.39, 0.29) is 11.7 Å². The minimum absolute atomic E-state index is 0.00267. The molecule has 0 N–H and O–H groups in total. The zero-order valence-corrected chi connectivity index (χ0v) is 17.9. The Kier molecular flexibility index (Phi) is 4.72. The lowest BCUT2D eigenvalue weighted by Crippen LogP contribution is -2.33. The lowest BCUT2D eigenvalue weighted by atomic mass is 9.96. The van der Waals surface area contributed by atoms with Crippen LogP contribution in [0.25, 0.3) is 0 Å². The Morgan fingerprint density at radius 2 is 1.83 bits per heavy atom. The number of nitro benzene ring substituents is 1. The molecule has 150 valence electrons. The van der Waals surface area contributed by atoms with E-state index in [0.29, 0.717) is 5.02 Å². The number of hydrogen-bond acceptors (Lipinski definition) is 5. The number of halogens is 2. The third kappa shape index (κ3) is 3.34. The second kappa shape index (κ2) is 7.41. The summed E-state index contributed by atoms with van der Waals surface area (Å²) in [5, 5.41) is 18.5. The SMILES string of the molecule is O=[N+]([O-])c1ccc([C@H]2Oc3ccc(Br)cc3[C@H]3CC(c4ccc(Cl)cc4)=NN32)cc1. The molecule has 6 nitrogen and oxygen atoms in total. The summed E-state index contributed by atoms with van der Waals surface area (Å²) in [5.41, 5.74) is 3.85. The van der Waals surface area contributed by atoms with Gasteiger partial charge in [-0.25, -0.2) is 5.01 Å². The average Bonchev–Trinajstić information content (AvgIpc) is 3.19. The van der Waals surface area contributed by atoms with E-state index in [2.05, 4.69) is 22.0 Å². The largest absolute Gasteiger partial charge is 0.464 e. The maximum atomic E-state index is 11.0. The van der Waals surface area contributed by atoms with Crippen molar-refractivity contribution in [2.45, 2.75) is 18.7 Å². The number of benzene rings is 3. The van der Waals surface area contributed by atoms with Gasteiger partial charge in [-0.15, -0.1) is 0 Å². The summed E-state index contributed by atoms with van der Waals surface area (Å²) >= 11 is 9.59. The molecule has 3 aromatic carbocycles. The first kappa shape index (κ1) is 19.1. The molecule has 0 bridgehead atoms. The first-order valence-electron chi connectivity index (χ1n) is 9.32. The van der Waals surface area contributed by atoms with E-state index < -0.39 is 11.2 Å². The average molecular weight is 485 g/mol. The molecular weight excluding hydrogens is 470 g/mol. The van der Waals surface area contributed by atoms with E-state index >= 15 is 0 Å². The number of nitrogens with zero attached hydrogens (tertiary/aromatic N) is 3. The third-order valence-electron chi connectivity index (χ3n) is 5.32. The van der Waals surface area contributed by atoms with Crippen LogP contribution in [-0.4, -0.2) is 15.6 Å². The van der Waals surface area contributed by atoms with Gasteiger partial charge >= 0.3 is 0 Å². The molecule has 30 heavy (non-hydrogen) atoms. The van der Waals surface area contributed by atoms with Crippen LogP contribution in [0.15, 0.2) is 76.3 Å². The monoisotopic (exact) mass is 483 g/mol. The van der Waals surface area contributed by atoms with Crippen LogP contribution in [0.2, 0.25) is 5.02 Å². The van der Waals surface area contributed by atoms with Crippen LogP contribution < -0.4 is 4.74 Å². The number of nitro groups is 1. The number of fused-ring (bicyclic) bond motifs is 3. The van der Waals surface area contributed by atoms with Gasteiger partial charge in [0.25, 0.3) is 5.69 Å². The first-order valence-corrected chi connectivity index (χ1v) is 10.5. The summed E-state index contributed by atoms with van der Waals surface area (Å²) in [7, 11) is 0. The molecule has 0 unspecified atom stereocenters. The molecule has 0 amide bonds. The Morgan fingerprint density at radius 1 is 1.10 bits per heavy atom. The quantitative estimate of drug-likeness (QED) is 0.325. The molecule has 0 aromatic heterocycles. The zero-order chi connectivity index (χ0) is 20.8. The molecule has 0 aliphatic carbocycles. The van der Waals surface area contributed by atoms with Crippen molar-refractivity contribution in [1.82, 2.24) is 5.01 Å². The van der Waals surface area contributed by atoms with Crippen LogP contribution in [0.3, 0.4) is 0 Å². The van der Waals surface area contributed by atoms with Crippen LogP contribution >= 0.6 is 27.5 Å². The number of non-ortho nitro benzene ring substituents is 1. The molecule has 0 fully saturated rings. The van der Waals surface area contributed by atoms with Crippen molar-refractivity contribution in [1.29, 1.82) is 0 Å². The summed E-state index contributed by atoms with van der Waals surface area (Å²) in [6.07, 6.45) is 0.243. The Balaban J connectivity index is 1.57. The van der Waals surface area contributed by atoms with Crippen LogP contribution in [0.5, 0.6) is 5.75 Å². The second-order valence-electron chi connectivity index (χ2n) is 7.15. The van der Waals surface area contributed by atoms with Gasteiger partial charge in [-0.05, 0) is 48.0 Å². The summed E-state index contributed by atoms with van der Waals surface area (Å²) in [6, 6.07) is 20.0. The van der Waals surface area contributed by atoms with Gasteiger partial charge in [0.2, 0.25) is 6.23 Å². The van der Waals surface area contributed by atoms with Crippen LogP contribution in [0.4, 0.5) is 5.69 Å². The molecule has 0 saturated heterocycles. The predicted molar refractivity (Wildman–Crippen MR) is 118 cm³/mol. The molecule has 2 atom stereocenters. The maximum Gasteiger partial charge on any atom is 0.269 e. The highest BCUT2D eigenvalue weighted by Gasteiger charge is 2.41. The molecular formula is C22H15BrClN3O3. The number of hydrazone groups is 1. The molecule has 2 aliphatic heterocycles. The molecule has 0 saturated carbocycles. The Morgan fingerprint density at radius 3 is 2.53 bits per heavy atom. The molecule has 2 aliphatic rings. The van der Waals surface area contributed by atoms with Crippen molar-refractivity contribution in [2.24, 2.45) is 5.10 Å². The number of hydrogen-bond donors (Lipinski definition) is 0. The molecule has 5 rings (SSSR count). The van der Waals surface area contributed by atoms with Gasteiger partial charge < -0.3 is 4.74 Å². The predicted octanol–water partition coefficient (Wildman–Crippen LogP) is 6.25. The number of ether oxygens (including phenoxy) is 1. The van der Waals surface area contributed by atoms with Gasteiger partial charge in [-0.2, -0.15) is 5.10 Å². The van der Waals surface area contributed by atoms with Gasteiger partial charge in [-0.1, -0.05) is 39.7 Å². The molecule has 0 radical (unpaired) electrons. The van der Waals surface area contributed by atoms with E-state index in [1.807, 2.05) is 41.4 Å². The molecule has 2 heterocycles. The maximum absolute atomic E-state index is 11.0. The minimum atomic E-state index is -0.478. The van der Waals surface area contributed by atoms with Crippen molar-refractivity contribution in [3.63, 3.8) is 0 Å². The van der Waals surface area contributed by atoms with Gasteiger partial charge in [0.15, 0.2) is 0 Å². The summed E-state index contributed by atoms with van der Waals surface area (Å²) in [4.78, 5) is 10.6. The van der Waals surface area contributed by atoms with Crippen molar-refractivity contribution in [3.8, 4) is 5.75 Å². The van der Waals surface area contributed by atoms with Crippen LogP contribution in [-0.2, 0) is 0 Å². The third-order valence-corrected chi connectivity index (χ3v) is 6.06. The Hall–Kier alpha value is -2.90. The van der Waals surface area contributed by atoms with Crippen molar-refractivity contribution in [2.75, 3.05) is 0 Å². The molecule has 0 spiro atoms. The smallest absolute Gasteiger partial charge is 0.269 e. The van der Waals surface area contributed by atoms with E-state index in [0.717, 1.165) is 39.0 Å². The highest BCUT2D eigenvalue weighted by molar-refractivity contribution is 9.10. The first-order chi connectivity index (χ1) is 14.5. The molecule has 3 aromatic rings. The van der Waals surface area contributed by atoms with E-state index in [1.165, 1.54) is 12.1 Å². The van der Waals surface area contributed by atoms with Gasteiger partial charge in [0.05, 0.1) is 16.7 Å². The highest BCUT2D eigenvalue weighted by Crippen LogP contribution is 2.48. The zero-order valence-electron chi connectivity index (χ0n) is 15.5. The van der Waals surface area contributed by atoms with Crippen LogP contribution in [0, 0.1) is 10.1 Å². The Bertz CT molecular complexity index is 1170. The Labute approximate surface area is 186 Å². The number of rotatable bonds is 3. The standard InChI is InChI=1S/C22H15BrClN3O3/c23-15-5-10-21-18(11-15)20-12-19(13-1-6-16(24)7-2-13)25-26(20)22(30-21)14-3-8-17(9-4-14)27(28)29/h1-11,20,22H,12H2/t20-,22-/m1/s1.